The summed E-state index contributed by atoms with van der Waals surface area (Å²) in [7, 11) is -3.21. The van der Waals surface area contributed by atoms with E-state index in [1.807, 2.05) is 24.3 Å². The molecule has 0 spiro atoms. The highest BCUT2D eigenvalue weighted by Gasteiger charge is 2.32. The fourth-order valence-corrected chi connectivity index (χ4v) is 3.51. The maximum Gasteiger partial charge on any atom is 0.229 e. The van der Waals surface area contributed by atoms with E-state index in [-0.39, 0.29) is 5.41 Å². The van der Waals surface area contributed by atoms with Gasteiger partial charge in [0.25, 0.3) is 0 Å². The van der Waals surface area contributed by atoms with Crippen LogP contribution in [0.1, 0.15) is 37.7 Å². The number of anilines is 1. The van der Waals surface area contributed by atoms with E-state index < -0.39 is 10.0 Å². The van der Waals surface area contributed by atoms with Crippen LogP contribution in [0.3, 0.4) is 0 Å². The number of sulfonamides is 1. The van der Waals surface area contributed by atoms with Gasteiger partial charge in [-0.05, 0) is 30.5 Å². The Morgan fingerprint density at radius 2 is 1.74 bits per heavy atom. The van der Waals surface area contributed by atoms with Crippen LogP contribution in [-0.2, 0) is 15.4 Å². The predicted molar refractivity (Wildman–Crippen MR) is 78.7 cm³/mol. The highest BCUT2D eigenvalue weighted by molar-refractivity contribution is 7.92. The lowest BCUT2D eigenvalue weighted by Gasteiger charge is -2.37. The number of rotatable bonds is 4. The van der Waals surface area contributed by atoms with E-state index in [1.165, 1.54) is 24.8 Å². The molecule has 19 heavy (non-hydrogen) atoms. The van der Waals surface area contributed by atoms with Crippen LogP contribution in [-0.4, -0.2) is 21.2 Å². The van der Waals surface area contributed by atoms with Crippen molar-refractivity contribution in [2.45, 2.75) is 37.5 Å². The molecule has 1 fully saturated rings. The summed E-state index contributed by atoms with van der Waals surface area (Å²) in [5.74, 6) is 0. The first-order valence-corrected chi connectivity index (χ1v) is 8.63. The largest absolute Gasteiger partial charge is 0.330 e. The minimum absolute atomic E-state index is 0.0852. The van der Waals surface area contributed by atoms with E-state index in [1.54, 1.807) is 0 Å². The normalized spacial score (nSPS) is 19.1. The molecule has 0 aliphatic heterocycles. The number of nitrogens with one attached hydrogen (secondary N) is 1. The third-order valence-corrected chi connectivity index (χ3v) is 4.61. The van der Waals surface area contributed by atoms with Crippen molar-refractivity contribution in [2.24, 2.45) is 5.73 Å². The number of hydrogen-bond acceptors (Lipinski definition) is 3. The fourth-order valence-electron chi connectivity index (χ4n) is 2.95. The molecule has 0 atom stereocenters. The minimum Gasteiger partial charge on any atom is -0.330 e. The molecule has 1 aromatic carbocycles. The lowest BCUT2D eigenvalue weighted by Crippen LogP contribution is -2.37. The SMILES string of the molecule is CS(=O)(=O)Nc1ccc(C2(CN)CCCCC2)cc1. The van der Waals surface area contributed by atoms with Crippen molar-refractivity contribution in [1.82, 2.24) is 0 Å². The molecule has 0 bridgehead atoms. The van der Waals surface area contributed by atoms with Gasteiger partial charge in [0.1, 0.15) is 0 Å². The fraction of sp³-hybridized carbons (Fsp3) is 0.571. The van der Waals surface area contributed by atoms with Gasteiger partial charge in [0.05, 0.1) is 6.26 Å². The molecule has 0 saturated heterocycles. The summed E-state index contributed by atoms with van der Waals surface area (Å²) in [6.07, 6.45) is 7.14. The van der Waals surface area contributed by atoms with Crippen molar-refractivity contribution >= 4 is 15.7 Å². The van der Waals surface area contributed by atoms with Gasteiger partial charge in [-0.1, -0.05) is 31.4 Å². The van der Waals surface area contributed by atoms with Crippen molar-refractivity contribution < 1.29 is 8.42 Å². The predicted octanol–water partition coefficient (Wildman–Crippen LogP) is 2.22. The van der Waals surface area contributed by atoms with Gasteiger partial charge >= 0.3 is 0 Å². The van der Waals surface area contributed by atoms with E-state index in [0.717, 1.165) is 19.1 Å². The van der Waals surface area contributed by atoms with Gasteiger partial charge in [0.15, 0.2) is 0 Å². The van der Waals surface area contributed by atoms with Crippen LogP contribution in [0, 0.1) is 0 Å². The Hall–Kier alpha value is -1.07. The Balaban J connectivity index is 2.21. The van der Waals surface area contributed by atoms with Gasteiger partial charge in [-0.2, -0.15) is 0 Å². The zero-order valence-electron chi connectivity index (χ0n) is 11.4. The molecular formula is C14H22N2O2S. The van der Waals surface area contributed by atoms with Gasteiger partial charge in [0.2, 0.25) is 10.0 Å². The Labute approximate surface area is 115 Å². The summed E-state index contributed by atoms with van der Waals surface area (Å²) in [4.78, 5) is 0. The van der Waals surface area contributed by atoms with Gasteiger partial charge in [0, 0.05) is 17.6 Å². The molecule has 0 amide bonds. The van der Waals surface area contributed by atoms with Gasteiger partial charge in [-0.15, -0.1) is 0 Å². The summed E-state index contributed by atoms with van der Waals surface area (Å²) in [6, 6.07) is 7.65. The van der Waals surface area contributed by atoms with Crippen molar-refractivity contribution in [3.05, 3.63) is 29.8 Å². The summed E-state index contributed by atoms with van der Waals surface area (Å²) in [5.41, 5.74) is 7.92. The molecule has 0 unspecified atom stereocenters. The van der Waals surface area contributed by atoms with Crippen molar-refractivity contribution in [2.75, 3.05) is 17.5 Å². The van der Waals surface area contributed by atoms with Crippen molar-refractivity contribution in [3.8, 4) is 0 Å². The Bertz CT molecular complexity index is 517. The second-order valence-electron chi connectivity index (χ2n) is 5.50. The second kappa shape index (κ2) is 5.51. The van der Waals surface area contributed by atoms with E-state index in [2.05, 4.69) is 4.72 Å². The zero-order chi connectivity index (χ0) is 13.9. The molecule has 106 valence electrons. The van der Waals surface area contributed by atoms with Crippen LogP contribution >= 0.6 is 0 Å². The molecule has 1 aliphatic carbocycles. The molecule has 5 heteroatoms. The standard InChI is InChI=1S/C14H22N2O2S/c1-19(17,18)16-13-7-5-12(6-8-13)14(11-15)9-3-2-4-10-14/h5-8,16H,2-4,9-11,15H2,1H3. The minimum atomic E-state index is -3.21. The molecule has 3 N–H and O–H groups in total. The van der Waals surface area contributed by atoms with Gasteiger partial charge < -0.3 is 5.73 Å². The highest BCUT2D eigenvalue weighted by Crippen LogP contribution is 2.38. The van der Waals surface area contributed by atoms with Crippen LogP contribution in [0.2, 0.25) is 0 Å². The topological polar surface area (TPSA) is 72.2 Å². The Morgan fingerprint density at radius 1 is 1.16 bits per heavy atom. The second-order valence-corrected chi connectivity index (χ2v) is 7.25. The summed E-state index contributed by atoms with van der Waals surface area (Å²) in [6.45, 7) is 0.659. The van der Waals surface area contributed by atoms with Crippen molar-refractivity contribution in [3.63, 3.8) is 0 Å². The molecule has 0 aromatic heterocycles. The van der Waals surface area contributed by atoms with E-state index in [0.29, 0.717) is 12.2 Å². The van der Waals surface area contributed by atoms with E-state index in [4.69, 9.17) is 5.73 Å². The molecule has 1 aromatic rings. The lowest BCUT2D eigenvalue weighted by molar-refractivity contribution is 0.301. The lowest BCUT2D eigenvalue weighted by atomic mass is 9.69. The van der Waals surface area contributed by atoms with Gasteiger partial charge in [-0.3, -0.25) is 4.72 Å². The first kappa shape index (κ1) is 14.3. The van der Waals surface area contributed by atoms with E-state index in [9.17, 15) is 8.42 Å². The molecule has 4 nitrogen and oxygen atoms in total. The monoisotopic (exact) mass is 282 g/mol. The quantitative estimate of drug-likeness (QED) is 0.889. The number of benzene rings is 1. The zero-order valence-corrected chi connectivity index (χ0v) is 12.2. The average Bonchev–Trinajstić information content (AvgIpc) is 2.38. The van der Waals surface area contributed by atoms with Crippen LogP contribution in [0.25, 0.3) is 0 Å². The van der Waals surface area contributed by atoms with Gasteiger partial charge in [-0.25, -0.2) is 8.42 Å². The maximum absolute atomic E-state index is 11.2. The Morgan fingerprint density at radius 3 is 2.21 bits per heavy atom. The van der Waals surface area contributed by atoms with Crippen molar-refractivity contribution in [1.29, 1.82) is 0 Å². The maximum atomic E-state index is 11.2. The highest BCUT2D eigenvalue weighted by atomic mass is 32.2. The number of nitrogens with two attached hydrogens (primary N) is 1. The van der Waals surface area contributed by atoms with Crippen LogP contribution in [0.5, 0.6) is 0 Å². The third kappa shape index (κ3) is 3.48. The summed E-state index contributed by atoms with van der Waals surface area (Å²) >= 11 is 0. The molecule has 0 radical (unpaired) electrons. The number of hydrogen-bond donors (Lipinski definition) is 2. The molecular weight excluding hydrogens is 260 g/mol. The first-order chi connectivity index (χ1) is 8.95. The molecule has 1 saturated carbocycles. The van der Waals surface area contributed by atoms with Crippen LogP contribution in [0.15, 0.2) is 24.3 Å². The smallest absolute Gasteiger partial charge is 0.229 e. The molecule has 0 heterocycles. The first-order valence-electron chi connectivity index (χ1n) is 6.74. The van der Waals surface area contributed by atoms with Crippen LogP contribution < -0.4 is 10.5 Å². The summed E-state index contributed by atoms with van der Waals surface area (Å²) in [5, 5.41) is 0. The van der Waals surface area contributed by atoms with Crippen LogP contribution in [0.4, 0.5) is 5.69 Å². The third-order valence-electron chi connectivity index (χ3n) is 4.00. The molecule has 2 rings (SSSR count). The Kier molecular flexibility index (Phi) is 4.16. The van der Waals surface area contributed by atoms with E-state index >= 15 is 0 Å². The molecule has 1 aliphatic rings. The average molecular weight is 282 g/mol. The summed E-state index contributed by atoms with van der Waals surface area (Å²) < 4.78 is 24.8.